The monoisotopic (exact) mass is 131 g/mol. The second-order valence-corrected chi connectivity index (χ2v) is 1.88. The van der Waals surface area contributed by atoms with Crippen molar-refractivity contribution in [3.05, 3.63) is 0 Å². The number of guanidine groups is 1. The van der Waals surface area contributed by atoms with E-state index in [1.54, 1.807) is 5.48 Å². The Bertz CT molecular complexity index is 102. The van der Waals surface area contributed by atoms with Crippen LogP contribution in [0.1, 0.15) is 20.3 Å². The predicted molar refractivity (Wildman–Crippen MR) is 36.3 cm³/mol. The first kappa shape index (κ1) is 8.23. The van der Waals surface area contributed by atoms with Crippen LogP contribution in [0.4, 0.5) is 0 Å². The van der Waals surface area contributed by atoms with Gasteiger partial charge in [-0.1, -0.05) is 6.92 Å². The molecule has 1 unspecified atom stereocenters. The normalized spacial score (nSPS) is 15.2. The molecule has 0 aliphatic heterocycles. The number of nitrogens with one attached hydrogen (secondary N) is 1. The van der Waals surface area contributed by atoms with Gasteiger partial charge in [0, 0.05) is 0 Å². The molecule has 0 bridgehead atoms. The van der Waals surface area contributed by atoms with Gasteiger partial charge in [-0.2, -0.15) is 0 Å². The van der Waals surface area contributed by atoms with Crippen molar-refractivity contribution in [2.24, 2.45) is 10.7 Å². The molecule has 4 nitrogen and oxygen atoms in total. The number of nitrogens with two attached hydrogens (primary N) is 1. The molecule has 0 aromatic heterocycles. The molecule has 0 spiro atoms. The van der Waals surface area contributed by atoms with Gasteiger partial charge in [0.1, 0.15) is 0 Å². The van der Waals surface area contributed by atoms with Crippen LogP contribution in [0.25, 0.3) is 0 Å². The standard InChI is InChI=1S/C5H13N3O/c1-3-4(2)7-5(6)8-9/h4,9H,3H2,1-2H3,(H3,6,7,8). The van der Waals surface area contributed by atoms with Gasteiger partial charge in [-0.15, -0.1) is 0 Å². The van der Waals surface area contributed by atoms with Crippen LogP contribution in [0, 0.1) is 0 Å². The number of hydroxylamine groups is 1. The summed E-state index contributed by atoms with van der Waals surface area (Å²) in [7, 11) is 0. The minimum Gasteiger partial charge on any atom is -0.368 e. The predicted octanol–water partition coefficient (Wildman–Crippen LogP) is 0.0784. The van der Waals surface area contributed by atoms with E-state index in [9.17, 15) is 0 Å². The fraction of sp³-hybridized carbons (Fsp3) is 0.800. The van der Waals surface area contributed by atoms with Crippen LogP contribution in [0.2, 0.25) is 0 Å². The van der Waals surface area contributed by atoms with Crippen molar-refractivity contribution in [2.75, 3.05) is 0 Å². The first-order valence-corrected chi connectivity index (χ1v) is 2.94. The number of rotatable bonds is 2. The Kier molecular flexibility index (Phi) is 3.79. The van der Waals surface area contributed by atoms with E-state index in [2.05, 4.69) is 4.99 Å². The molecule has 1 atom stereocenters. The van der Waals surface area contributed by atoms with Crippen LogP contribution < -0.4 is 11.2 Å². The van der Waals surface area contributed by atoms with Crippen molar-refractivity contribution in [2.45, 2.75) is 26.3 Å². The lowest BCUT2D eigenvalue weighted by atomic mass is 10.3. The summed E-state index contributed by atoms with van der Waals surface area (Å²) in [5.74, 6) is 0.0735. The lowest BCUT2D eigenvalue weighted by Crippen LogP contribution is -2.29. The third-order valence-electron chi connectivity index (χ3n) is 1.06. The molecule has 54 valence electrons. The summed E-state index contributed by atoms with van der Waals surface area (Å²) in [5, 5.41) is 8.17. The van der Waals surface area contributed by atoms with Crippen molar-refractivity contribution in [3.8, 4) is 0 Å². The summed E-state index contributed by atoms with van der Waals surface area (Å²) in [5.41, 5.74) is 6.90. The first-order valence-electron chi connectivity index (χ1n) is 2.94. The summed E-state index contributed by atoms with van der Waals surface area (Å²) in [4.78, 5) is 3.85. The Morgan fingerprint density at radius 2 is 2.44 bits per heavy atom. The molecule has 0 radical (unpaired) electrons. The van der Waals surface area contributed by atoms with E-state index in [1.165, 1.54) is 0 Å². The van der Waals surface area contributed by atoms with Crippen LogP contribution in [0.3, 0.4) is 0 Å². The Labute approximate surface area is 54.7 Å². The lowest BCUT2D eigenvalue weighted by molar-refractivity contribution is 0.232. The minimum absolute atomic E-state index is 0.0735. The number of hydrogen-bond acceptors (Lipinski definition) is 2. The van der Waals surface area contributed by atoms with Gasteiger partial charge in [0.25, 0.3) is 0 Å². The van der Waals surface area contributed by atoms with Crippen molar-refractivity contribution in [1.82, 2.24) is 5.48 Å². The molecule has 0 fully saturated rings. The molecule has 0 rings (SSSR count). The molecule has 0 saturated heterocycles. The van der Waals surface area contributed by atoms with Gasteiger partial charge in [0.2, 0.25) is 5.96 Å². The topological polar surface area (TPSA) is 70.6 Å². The van der Waals surface area contributed by atoms with Crippen molar-refractivity contribution >= 4 is 5.96 Å². The smallest absolute Gasteiger partial charge is 0.213 e. The number of aliphatic imine (C=N–C) groups is 1. The number of nitrogens with zero attached hydrogens (tertiary/aromatic N) is 1. The fourth-order valence-electron chi connectivity index (χ4n) is 0.358. The molecule has 0 aliphatic rings. The highest BCUT2D eigenvalue weighted by Gasteiger charge is 1.93. The maximum Gasteiger partial charge on any atom is 0.213 e. The summed E-state index contributed by atoms with van der Waals surface area (Å²) < 4.78 is 0. The molecular formula is C5H13N3O. The maximum absolute atomic E-state index is 8.17. The van der Waals surface area contributed by atoms with Crippen LogP contribution in [0.5, 0.6) is 0 Å². The lowest BCUT2D eigenvalue weighted by Gasteiger charge is -2.02. The Morgan fingerprint density at radius 1 is 1.89 bits per heavy atom. The molecule has 0 saturated carbocycles. The van der Waals surface area contributed by atoms with Crippen molar-refractivity contribution in [3.63, 3.8) is 0 Å². The largest absolute Gasteiger partial charge is 0.368 e. The van der Waals surface area contributed by atoms with Gasteiger partial charge in [-0.3, -0.25) is 5.21 Å². The van der Waals surface area contributed by atoms with Crippen LogP contribution >= 0.6 is 0 Å². The molecule has 0 heterocycles. The molecule has 0 aromatic rings. The first-order chi connectivity index (χ1) is 4.20. The molecular weight excluding hydrogens is 118 g/mol. The second kappa shape index (κ2) is 4.14. The van der Waals surface area contributed by atoms with Crippen molar-refractivity contribution < 1.29 is 5.21 Å². The van der Waals surface area contributed by atoms with E-state index < -0.39 is 0 Å². The summed E-state index contributed by atoms with van der Waals surface area (Å²) in [6, 6.07) is 0.171. The average Bonchev–Trinajstić information content (AvgIpc) is 1.87. The van der Waals surface area contributed by atoms with Gasteiger partial charge in [-0.05, 0) is 13.3 Å². The Balaban J connectivity index is 3.64. The summed E-state index contributed by atoms with van der Waals surface area (Å²) in [6.45, 7) is 3.92. The van der Waals surface area contributed by atoms with Gasteiger partial charge in [0.05, 0.1) is 6.04 Å². The third kappa shape index (κ3) is 3.78. The zero-order valence-electron chi connectivity index (χ0n) is 5.76. The number of hydrogen-bond donors (Lipinski definition) is 3. The molecule has 4 heteroatoms. The molecule has 0 amide bonds. The molecule has 0 aromatic carbocycles. The van der Waals surface area contributed by atoms with E-state index in [0.29, 0.717) is 0 Å². The van der Waals surface area contributed by atoms with Crippen molar-refractivity contribution in [1.29, 1.82) is 0 Å². The molecule has 9 heavy (non-hydrogen) atoms. The minimum atomic E-state index is 0.0735. The average molecular weight is 131 g/mol. The quantitative estimate of drug-likeness (QED) is 0.282. The molecule has 4 N–H and O–H groups in total. The van der Waals surface area contributed by atoms with E-state index in [0.717, 1.165) is 6.42 Å². The van der Waals surface area contributed by atoms with E-state index in [-0.39, 0.29) is 12.0 Å². The molecule has 0 aliphatic carbocycles. The van der Waals surface area contributed by atoms with Crippen LogP contribution in [0.15, 0.2) is 4.99 Å². The zero-order valence-corrected chi connectivity index (χ0v) is 5.76. The third-order valence-corrected chi connectivity index (χ3v) is 1.06. The van der Waals surface area contributed by atoms with E-state index in [1.807, 2.05) is 13.8 Å². The second-order valence-electron chi connectivity index (χ2n) is 1.88. The maximum atomic E-state index is 8.17. The summed E-state index contributed by atoms with van der Waals surface area (Å²) in [6.07, 6.45) is 0.919. The van der Waals surface area contributed by atoms with Crippen LogP contribution in [-0.4, -0.2) is 17.2 Å². The Hall–Kier alpha value is -0.770. The van der Waals surface area contributed by atoms with E-state index >= 15 is 0 Å². The highest BCUT2D eigenvalue weighted by Crippen LogP contribution is 1.92. The van der Waals surface area contributed by atoms with E-state index in [4.69, 9.17) is 10.9 Å². The van der Waals surface area contributed by atoms with Gasteiger partial charge in [-0.25, -0.2) is 10.5 Å². The zero-order chi connectivity index (χ0) is 7.28. The summed E-state index contributed by atoms with van der Waals surface area (Å²) >= 11 is 0. The van der Waals surface area contributed by atoms with Crippen LogP contribution in [-0.2, 0) is 0 Å². The Morgan fingerprint density at radius 3 is 2.78 bits per heavy atom. The highest BCUT2D eigenvalue weighted by molar-refractivity contribution is 5.76. The van der Waals surface area contributed by atoms with Gasteiger partial charge in [0.15, 0.2) is 0 Å². The van der Waals surface area contributed by atoms with Gasteiger partial charge >= 0.3 is 0 Å². The fourth-order valence-corrected chi connectivity index (χ4v) is 0.358. The highest BCUT2D eigenvalue weighted by atomic mass is 16.5. The van der Waals surface area contributed by atoms with Gasteiger partial charge < -0.3 is 5.73 Å². The SMILES string of the molecule is CCC(C)N=C(N)NO.